The molecule has 0 saturated carbocycles. The number of carbonyl (C=O) groups is 1. The molecule has 2 rings (SSSR count). The molecular formula is C16H15F2NO2. The standard InChI is InChI=1S/C16H15F2NO2/c1-10-2-5-13(16(20)21)8-14(10)19-9-11-3-6-12(7-4-11)15(17)18/h2-8,15,19H,9H2,1H3,(H,20,21). The molecule has 0 fully saturated rings. The van der Waals surface area contributed by atoms with Crippen LogP contribution in [0.25, 0.3) is 0 Å². The summed E-state index contributed by atoms with van der Waals surface area (Å²) in [5, 5.41) is 12.1. The fourth-order valence-corrected chi connectivity index (χ4v) is 1.92. The zero-order valence-electron chi connectivity index (χ0n) is 11.4. The maximum absolute atomic E-state index is 12.5. The van der Waals surface area contributed by atoms with Crippen molar-refractivity contribution in [3.63, 3.8) is 0 Å². The first-order valence-electron chi connectivity index (χ1n) is 6.42. The van der Waals surface area contributed by atoms with Crippen LogP contribution in [0.1, 0.15) is 33.5 Å². The van der Waals surface area contributed by atoms with Gasteiger partial charge in [0.25, 0.3) is 6.43 Å². The van der Waals surface area contributed by atoms with E-state index in [-0.39, 0.29) is 11.1 Å². The predicted molar refractivity (Wildman–Crippen MR) is 76.9 cm³/mol. The minimum absolute atomic E-state index is 0.0113. The summed E-state index contributed by atoms with van der Waals surface area (Å²) in [6.45, 7) is 2.31. The van der Waals surface area contributed by atoms with Crippen LogP contribution >= 0.6 is 0 Å². The Morgan fingerprint density at radius 3 is 2.43 bits per heavy atom. The number of alkyl halides is 2. The number of aromatic carboxylic acids is 1. The minimum atomic E-state index is -2.47. The van der Waals surface area contributed by atoms with Gasteiger partial charge in [0.2, 0.25) is 0 Å². The van der Waals surface area contributed by atoms with E-state index in [1.54, 1.807) is 30.3 Å². The number of hydrogen-bond acceptors (Lipinski definition) is 2. The highest BCUT2D eigenvalue weighted by Gasteiger charge is 2.07. The van der Waals surface area contributed by atoms with Crippen LogP contribution < -0.4 is 5.32 Å². The van der Waals surface area contributed by atoms with Crippen LogP contribution in [-0.2, 0) is 6.54 Å². The average Bonchev–Trinajstić information content (AvgIpc) is 2.46. The van der Waals surface area contributed by atoms with Crippen molar-refractivity contribution in [1.82, 2.24) is 0 Å². The van der Waals surface area contributed by atoms with Gasteiger partial charge in [-0.2, -0.15) is 0 Å². The molecule has 0 radical (unpaired) electrons. The van der Waals surface area contributed by atoms with E-state index in [2.05, 4.69) is 5.32 Å². The van der Waals surface area contributed by atoms with Crippen molar-refractivity contribution in [1.29, 1.82) is 0 Å². The Hall–Kier alpha value is -2.43. The van der Waals surface area contributed by atoms with Crippen LogP contribution in [0.3, 0.4) is 0 Å². The maximum atomic E-state index is 12.5. The molecule has 5 heteroatoms. The second-order valence-corrected chi connectivity index (χ2v) is 4.73. The van der Waals surface area contributed by atoms with Gasteiger partial charge in [0, 0.05) is 17.8 Å². The molecular weight excluding hydrogens is 276 g/mol. The normalized spacial score (nSPS) is 10.7. The quantitative estimate of drug-likeness (QED) is 0.866. The van der Waals surface area contributed by atoms with Crippen molar-refractivity contribution in [2.45, 2.75) is 19.9 Å². The third kappa shape index (κ3) is 3.78. The molecule has 0 amide bonds. The second-order valence-electron chi connectivity index (χ2n) is 4.73. The molecule has 2 aromatic rings. The van der Waals surface area contributed by atoms with E-state index in [9.17, 15) is 13.6 Å². The monoisotopic (exact) mass is 291 g/mol. The van der Waals surface area contributed by atoms with Crippen LogP contribution in [0, 0.1) is 6.92 Å². The molecule has 2 aromatic carbocycles. The topological polar surface area (TPSA) is 49.3 Å². The second kappa shape index (κ2) is 6.35. The molecule has 21 heavy (non-hydrogen) atoms. The maximum Gasteiger partial charge on any atom is 0.335 e. The molecule has 3 nitrogen and oxygen atoms in total. The summed E-state index contributed by atoms with van der Waals surface area (Å²) >= 11 is 0. The van der Waals surface area contributed by atoms with Crippen LogP contribution in [-0.4, -0.2) is 11.1 Å². The average molecular weight is 291 g/mol. The van der Waals surface area contributed by atoms with Gasteiger partial charge < -0.3 is 10.4 Å². The number of rotatable bonds is 5. The summed E-state index contributed by atoms with van der Waals surface area (Å²) in [6.07, 6.45) is -2.47. The summed E-state index contributed by atoms with van der Waals surface area (Å²) in [5.41, 5.74) is 2.68. The summed E-state index contributed by atoms with van der Waals surface area (Å²) in [4.78, 5) is 10.9. The van der Waals surface area contributed by atoms with Gasteiger partial charge >= 0.3 is 5.97 Å². The molecule has 0 saturated heterocycles. The third-order valence-electron chi connectivity index (χ3n) is 3.20. The van der Waals surface area contributed by atoms with Crippen molar-refractivity contribution in [2.24, 2.45) is 0 Å². The SMILES string of the molecule is Cc1ccc(C(=O)O)cc1NCc1ccc(C(F)F)cc1. The Morgan fingerprint density at radius 1 is 1.19 bits per heavy atom. The van der Waals surface area contributed by atoms with E-state index in [1.165, 1.54) is 12.1 Å². The van der Waals surface area contributed by atoms with Gasteiger partial charge in [0.1, 0.15) is 0 Å². The molecule has 0 unspecified atom stereocenters. The van der Waals surface area contributed by atoms with E-state index in [0.29, 0.717) is 12.2 Å². The lowest BCUT2D eigenvalue weighted by atomic mass is 10.1. The predicted octanol–water partition coefficient (Wildman–Crippen LogP) is 4.24. The van der Waals surface area contributed by atoms with Gasteiger partial charge in [-0.25, -0.2) is 13.6 Å². The first kappa shape index (κ1) is 15.0. The van der Waals surface area contributed by atoms with Crippen LogP contribution in [0.4, 0.5) is 14.5 Å². The largest absolute Gasteiger partial charge is 0.478 e. The number of carboxylic acid groups (broad SMARTS) is 1. The van der Waals surface area contributed by atoms with Crippen molar-refractivity contribution in [3.8, 4) is 0 Å². The molecule has 110 valence electrons. The number of carboxylic acids is 1. The first-order valence-corrected chi connectivity index (χ1v) is 6.42. The first-order chi connectivity index (χ1) is 9.97. The number of anilines is 1. The smallest absolute Gasteiger partial charge is 0.335 e. The number of aryl methyl sites for hydroxylation is 1. The van der Waals surface area contributed by atoms with E-state index in [1.807, 2.05) is 6.92 Å². The van der Waals surface area contributed by atoms with Crippen molar-refractivity contribution in [3.05, 3.63) is 64.7 Å². The fourth-order valence-electron chi connectivity index (χ4n) is 1.92. The Balaban J connectivity index is 2.09. The van der Waals surface area contributed by atoms with Crippen molar-refractivity contribution >= 4 is 11.7 Å². The van der Waals surface area contributed by atoms with Crippen LogP contribution in [0.15, 0.2) is 42.5 Å². The van der Waals surface area contributed by atoms with Gasteiger partial charge in [-0.15, -0.1) is 0 Å². The molecule has 0 aliphatic heterocycles. The number of benzene rings is 2. The summed E-state index contributed by atoms with van der Waals surface area (Å²) in [7, 11) is 0. The molecule has 0 spiro atoms. The zero-order chi connectivity index (χ0) is 15.4. The minimum Gasteiger partial charge on any atom is -0.478 e. The molecule has 0 heterocycles. The van der Waals surface area contributed by atoms with Gasteiger partial charge in [0.05, 0.1) is 5.56 Å². The molecule has 0 aromatic heterocycles. The van der Waals surface area contributed by atoms with Gasteiger partial charge in [-0.1, -0.05) is 30.3 Å². The van der Waals surface area contributed by atoms with E-state index in [0.717, 1.165) is 11.1 Å². The highest BCUT2D eigenvalue weighted by atomic mass is 19.3. The van der Waals surface area contributed by atoms with Crippen LogP contribution in [0.5, 0.6) is 0 Å². The Kier molecular flexibility index (Phi) is 4.52. The lowest BCUT2D eigenvalue weighted by Gasteiger charge is -2.11. The van der Waals surface area contributed by atoms with Crippen molar-refractivity contribution < 1.29 is 18.7 Å². The number of nitrogens with one attached hydrogen (secondary N) is 1. The van der Waals surface area contributed by atoms with Crippen molar-refractivity contribution in [2.75, 3.05) is 5.32 Å². The summed E-state index contributed by atoms with van der Waals surface area (Å²) in [5.74, 6) is -0.987. The highest BCUT2D eigenvalue weighted by Crippen LogP contribution is 2.20. The molecule has 0 aliphatic rings. The number of halogens is 2. The fraction of sp³-hybridized carbons (Fsp3) is 0.188. The van der Waals surface area contributed by atoms with Gasteiger partial charge in [-0.3, -0.25) is 0 Å². The summed E-state index contributed by atoms with van der Waals surface area (Å²) in [6, 6.07) is 10.9. The lowest BCUT2D eigenvalue weighted by Crippen LogP contribution is -2.04. The van der Waals surface area contributed by atoms with Gasteiger partial charge in [0.15, 0.2) is 0 Å². The highest BCUT2D eigenvalue weighted by molar-refractivity contribution is 5.89. The van der Waals surface area contributed by atoms with Gasteiger partial charge in [-0.05, 0) is 30.2 Å². The molecule has 0 bridgehead atoms. The third-order valence-corrected chi connectivity index (χ3v) is 3.20. The van der Waals surface area contributed by atoms with Crippen LogP contribution in [0.2, 0.25) is 0 Å². The Labute approximate surface area is 121 Å². The summed E-state index contributed by atoms with van der Waals surface area (Å²) < 4.78 is 24.9. The van der Waals surface area contributed by atoms with E-state index >= 15 is 0 Å². The number of hydrogen-bond donors (Lipinski definition) is 2. The molecule has 0 atom stereocenters. The van der Waals surface area contributed by atoms with E-state index < -0.39 is 12.4 Å². The zero-order valence-corrected chi connectivity index (χ0v) is 11.4. The molecule has 0 aliphatic carbocycles. The Morgan fingerprint density at radius 2 is 1.86 bits per heavy atom. The molecule has 2 N–H and O–H groups in total. The Bertz CT molecular complexity index is 639. The lowest BCUT2D eigenvalue weighted by molar-refractivity contribution is 0.0697. The van der Waals surface area contributed by atoms with E-state index in [4.69, 9.17) is 5.11 Å².